The summed E-state index contributed by atoms with van der Waals surface area (Å²) in [5.41, 5.74) is 1.96. The summed E-state index contributed by atoms with van der Waals surface area (Å²) >= 11 is 0. The predicted molar refractivity (Wildman–Crippen MR) is 87.0 cm³/mol. The lowest BCUT2D eigenvalue weighted by molar-refractivity contribution is -0.143. The van der Waals surface area contributed by atoms with E-state index in [0.717, 1.165) is 17.7 Å². The molecule has 2 aliphatic heterocycles. The van der Waals surface area contributed by atoms with Gasteiger partial charge in [0.1, 0.15) is 0 Å². The molecule has 130 valence electrons. The van der Waals surface area contributed by atoms with Crippen molar-refractivity contribution >= 4 is 17.5 Å². The van der Waals surface area contributed by atoms with Crippen LogP contribution in [-0.4, -0.2) is 42.8 Å². The number of amides is 2. The van der Waals surface area contributed by atoms with Crippen molar-refractivity contribution in [1.82, 2.24) is 4.90 Å². The van der Waals surface area contributed by atoms with Crippen LogP contribution in [-0.2, 0) is 16.0 Å². The van der Waals surface area contributed by atoms with Crippen LogP contribution in [0.4, 0.5) is 14.5 Å². The molecule has 0 aliphatic carbocycles. The molecule has 2 saturated heterocycles. The standard InChI is InChI=1S/C18H22F2N2O2/c1-2-13-5-3-4-6-15(13)22-11-14(8-17(22)23)18(24)21-9-12(10-21)7-16(19)20/h3-6,12,14,16H,2,7-11H2,1H3/t14-/m1/s1. The van der Waals surface area contributed by atoms with Crippen LogP contribution in [0.1, 0.15) is 25.3 Å². The Morgan fingerprint density at radius 1 is 1.25 bits per heavy atom. The Labute approximate surface area is 140 Å². The fourth-order valence-electron chi connectivity index (χ4n) is 3.59. The maximum atomic E-state index is 12.5. The third-order valence-corrected chi connectivity index (χ3v) is 4.92. The molecular formula is C18H22F2N2O2. The number of aryl methyl sites for hydroxylation is 1. The molecule has 0 bridgehead atoms. The Balaban J connectivity index is 1.62. The molecule has 2 aliphatic rings. The van der Waals surface area contributed by atoms with Gasteiger partial charge in [-0.25, -0.2) is 8.78 Å². The normalized spacial score (nSPS) is 21.5. The number of halogens is 2. The van der Waals surface area contributed by atoms with Gasteiger partial charge < -0.3 is 9.80 Å². The van der Waals surface area contributed by atoms with Gasteiger partial charge in [-0.3, -0.25) is 9.59 Å². The van der Waals surface area contributed by atoms with Crippen molar-refractivity contribution in [3.63, 3.8) is 0 Å². The highest BCUT2D eigenvalue weighted by atomic mass is 19.3. The van der Waals surface area contributed by atoms with E-state index in [9.17, 15) is 18.4 Å². The minimum absolute atomic E-state index is 0.0427. The van der Waals surface area contributed by atoms with Crippen LogP contribution in [0.5, 0.6) is 0 Å². The van der Waals surface area contributed by atoms with E-state index >= 15 is 0 Å². The monoisotopic (exact) mass is 336 g/mol. The first-order valence-electron chi connectivity index (χ1n) is 8.44. The van der Waals surface area contributed by atoms with Crippen molar-refractivity contribution in [3.8, 4) is 0 Å². The third kappa shape index (κ3) is 3.28. The van der Waals surface area contributed by atoms with E-state index in [4.69, 9.17) is 0 Å². The van der Waals surface area contributed by atoms with E-state index in [2.05, 4.69) is 0 Å². The van der Waals surface area contributed by atoms with Crippen LogP contribution < -0.4 is 4.90 Å². The Kier molecular flexibility index (Phi) is 4.83. The first-order chi connectivity index (χ1) is 11.5. The van der Waals surface area contributed by atoms with Gasteiger partial charge in [-0.2, -0.15) is 0 Å². The summed E-state index contributed by atoms with van der Waals surface area (Å²) in [6.07, 6.45) is -1.45. The third-order valence-electron chi connectivity index (χ3n) is 4.92. The Morgan fingerprint density at radius 2 is 1.96 bits per heavy atom. The zero-order chi connectivity index (χ0) is 17.3. The van der Waals surface area contributed by atoms with Crippen LogP contribution in [0.15, 0.2) is 24.3 Å². The lowest BCUT2D eigenvalue weighted by Crippen LogP contribution is -2.52. The number of alkyl halides is 2. The highest BCUT2D eigenvalue weighted by Gasteiger charge is 2.41. The van der Waals surface area contributed by atoms with E-state index in [0.29, 0.717) is 19.6 Å². The summed E-state index contributed by atoms with van der Waals surface area (Å²) in [5.74, 6) is -0.595. The summed E-state index contributed by atoms with van der Waals surface area (Å²) in [5, 5.41) is 0. The van der Waals surface area contributed by atoms with E-state index < -0.39 is 6.43 Å². The first-order valence-corrected chi connectivity index (χ1v) is 8.44. The molecule has 1 aromatic carbocycles. The van der Waals surface area contributed by atoms with Crippen LogP contribution in [0.2, 0.25) is 0 Å². The quantitative estimate of drug-likeness (QED) is 0.829. The molecule has 2 heterocycles. The fourth-order valence-corrected chi connectivity index (χ4v) is 3.59. The molecule has 3 rings (SSSR count). The van der Waals surface area contributed by atoms with Gasteiger partial charge in [0.15, 0.2) is 0 Å². The summed E-state index contributed by atoms with van der Waals surface area (Å²) in [7, 11) is 0. The van der Waals surface area contributed by atoms with Crippen molar-refractivity contribution in [2.24, 2.45) is 11.8 Å². The smallest absolute Gasteiger partial charge is 0.239 e. The second-order valence-electron chi connectivity index (χ2n) is 6.62. The molecular weight excluding hydrogens is 314 g/mol. The van der Waals surface area contributed by atoms with Gasteiger partial charge in [0.25, 0.3) is 0 Å². The van der Waals surface area contributed by atoms with Gasteiger partial charge in [-0.15, -0.1) is 0 Å². The fraction of sp³-hybridized carbons (Fsp3) is 0.556. The number of nitrogens with zero attached hydrogens (tertiary/aromatic N) is 2. The molecule has 0 spiro atoms. The molecule has 0 saturated carbocycles. The maximum Gasteiger partial charge on any atom is 0.239 e. The van der Waals surface area contributed by atoms with Gasteiger partial charge in [0, 0.05) is 38.2 Å². The Hall–Kier alpha value is -1.98. The van der Waals surface area contributed by atoms with E-state index in [-0.39, 0.29) is 36.5 Å². The summed E-state index contributed by atoms with van der Waals surface area (Å²) in [6, 6.07) is 7.73. The molecule has 1 aromatic rings. The van der Waals surface area contributed by atoms with Crippen molar-refractivity contribution < 1.29 is 18.4 Å². The van der Waals surface area contributed by atoms with Gasteiger partial charge >= 0.3 is 0 Å². The average Bonchev–Trinajstić information content (AvgIpc) is 2.91. The van der Waals surface area contributed by atoms with Crippen molar-refractivity contribution in [3.05, 3.63) is 29.8 Å². The molecule has 0 N–H and O–H groups in total. The zero-order valence-corrected chi connectivity index (χ0v) is 13.8. The zero-order valence-electron chi connectivity index (χ0n) is 13.8. The highest BCUT2D eigenvalue weighted by molar-refractivity contribution is 6.00. The number of carbonyl (C=O) groups is 2. The molecule has 0 unspecified atom stereocenters. The Bertz CT molecular complexity index is 629. The molecule has 0 aromatic heterocycles. The van der Waals surface area contributed by atoms with Gasteiger partial charge in [-0.05, 0) is 24.0 Å². The van der Waals surface area contributed by atoms with Crippen LogP contribution in [0.3, 0.4) is 0 Å². The minimum atomic E-state index is -2.32. The van der Waals surface area contributed by atoms with Crippen LogP contribution in [0.25, 0.3) is 0 Å². The van der Waals surface area contributed by atoms with Crippen molar-refractivity contribution in [2.75, 3.05) is 24.5 Å². The van der Waals surface area contributed by atoms with E-state index in [1.54, 1.807) is 9.80 Å². The van der Waals surface area contributed by atoms with E-state index in [1.807, 2.05) is 31.2 Å². The second kappa shape index (κ2) is 6.87. The average molecular weight is 336 g/mol. The lowest BCUT2D eigenvalue weighted by atomic mass is 9.94. The SMILES string of the molecule is CCc1ccccc1N1C[C@H](C(=O)N2CC(CC(F)F)C2)CC1=O. The summed E-state index contributed by atoms with van der Waals surface area (Å²) in [4.78, 5) is 28.2. The molecule has 1 atom stereocenters. The number of anilines is 1. The molecule has 24 heavy (non-hydrogen) atoms. The molecule has 2 amide bonds. The number of hydrogen-bond acceptors (Lipinski definition) is 2. The summed E-state index contributed by atoms with van der Waals surface area (Å²) < 4.78 is 24.7. The van der Waals surface area contributed by atoms with Crippen LogP contribution in [0, 0.1) is 11.8 Å². The number of carbonyl (C=O) groups excluding carboxylic acids is 2. The molecule has 0 radical (unpaired) electrons. The van der Waals surface area contributed by atoms with Crippen molar-refractivity contribution in [1.29, 1.82) is 0 Å². The number of hydrogen-bond donors (Lipinski definition) is 0. The molecule has 4 nitrogen and oxygen atoms in total. The van der Waals surface area contributed by atoms with Gasteiger partial charge in [0.05, 0.1) is 5.92 Å². The van der Waals surface area contributed by atoms with Gasteiger partial charge in [0.2, 0.25) is 18.2 Å². The van der Waals surface area contributed by atoms with Crippen molar-refractivity contribution in [2.45, 2.75) is 32.6 Å². The molecule has 2 fully saturated rings. The number of rotatable bonds is 5. The maximum absolute atomic E-state index is 12.5. The number of para-hydroxylation sites is 1. The topological polar surface area (TPSA) is 40.6 Å². The predicted octanol–water partition coefficient (Wildman–Crippen LogP) is 2.72. The molecule has 6 heteroatoms. The Morgan fingerprint density at radius 3 is 2.62 bits per heavy atom. The van der Waals surface area contributed by atoms with Gasteiger partial charge in [-0.1, -0.05) is 25.1 Å². The van der Waals surface area contributed by atoms with E-state index in [1.165, 1.54) is 0 Å². The minimum Gasteiger partial charge on any atom is -0.342 e. The largest absolute Gasteiger partial charge is 0.342 e. The summed E-state index contributed by atoms with van der Waals surface area (Å²) in [6.45, 7) is 3.19. The lowest BCUT2D eigenvalue weighted by Gasteiger charge is -2.40. The van der Waals surface area contributed by atoms with Crippen LogP contribution >= 0.6 is 0 Å². The second-order valence-corrected chi connectivity index (χ2v) is 6.62. The first kappa shape index (κ1) is 16.9. The highest BCUT2D eigenvalue weighted by Crippen LogP contribution is 2.31. The number of likely N-dealkylation sites (tertiary alicyclic amines) is 1. The number of benzene rings is 1.